The number of aromatic nitrogens is 3. The van der Waals surface area contributed by atoms with E-state index in [2.05, 4.69) is 27.2 Å². The van der Waals surface area contributed by atoms with Gasteiger partial charge in [-0.05, 0) is 13.3 Å². The van der Waals surface area contributed by atoms with Crippen molar-refractivity contribution >= 4 is 39.1 Å². The summed E-state index contributed by atoms with van der Waals surface area (Å²) in [6.45, 7) is 2.07. The maximum absolute atomic E-state index is 5.67. The van der Waals surface area contributed by atoms with Gasteiger partial charge in [0.1, 0.15) is 16.7 Å². The molecule has 1 N–H and O–H groups in total. The molecule has 0 radical (unpaired) electrons. The average Bonchev–Trinajstić information content (AvgIpc) is 2.67. The van der Waals surface area contributed by atoms with Crippen molar-refractivity contribution in [1.82, 2.24) is 15.0 Å². The van der Waals surface area contributed by atoms with E-state index < -0.39 is 0 Å². The third kappa shape index (κ3) is 2.35. The van der Waals surface area contributed by atoms with E-state index in [0.29, 0.717) is 11.9 Å². The van der Waals surface area contributed by atoms with Crippen LogP contribution >= 0.6 is 22.9 Å². The van der Waals surface area contributed by atoms with Gasteiger partial charge in [-0.1, -0.05) is 0 Å². The number of hydrogen-bond acceptors (Lipinski definition) is 5. The Labute approximate surface area is 96.7 Å². The maximum Gasteiger partial charge on any atom is 0.157 e. The van der Waals surface area contributed by atoms with E-state index in [4.69, 9.17) is 11.6 Å². The summed E-state index contributed by atoms with van der Waals surface area (Å²) >= 11 is 7.19. The molecule has 0 aliphatic heterocycles. The third-order valence-corrected chi connectivity index (χ3v) is 3.01. The Kier molecular flexibility index (Phi) is 3.33. The molecular formula is C9H11ClN4S. The molecule has 0 saturated carbocycles. The zero-order valence-corrected chi connectivity index (χ0v) is 9.85. The predicted octanol–water partition coefficient (Wildman–Crippen LogP) is 2.52. The highest BCUT2D eigenvalue weighted by Crippen LogP contribution is 2.21. The van der Waals surface area contributed by atoms with Crippen molar-refractivity contribution in [3.05, 3.63) is 11.8 Å². The van der Waals surface area contributed by atoms with Crippen molar-refractivity contribution in [2.75, 3.05) is 11.2 Å². The SMILES string of the molecule is CC(CCCl)Nc1ncnc2scnc12. The van der Waals surface area contributed by atoms with Crippen LogP contribution in [-0.4, -0.2) is 26.9 Å². The molecule has 0 saturated heterocycles. The first-order valence-corrected chi connectivity index (χ1v) is 6.09. The molecule has 1 unspecified atom stereocenters. The Balaban J connectivity index is 2.23. The molecule has 15 heavy (non-hydrogen) atoms. The topological polar surface area (TPSA) is 50.7 Å². The number of alkyl halides is 1. The smallest absolute Gasteiger partial charge is 0.157 e. The lowest BCUT2D eigenvalue weighted by molar-refractivity contribution is 0.764. The lowest BCUT2D eigenvalue weighted by Gasteiger charge is -2.12. The van der Waals surface area contributed by atoms with Crippen molar-refractivity contribution < 1.29 is 0 Å². The molecule has 2 heterocycles. The Bertz CT molecular complexity index is 444. The van der Waals surface area contributed by atoms with Gasteiger partial charge in [-0.15, -0.1) is 22.9 Å². The quantitative estimate of drug-likeness (QED) is 0.837. The van der Waals surface area contributed by atoms with Gasteiger partial charge >= 0.3 is 0 Å². The van der Waals surface area contributed by atoms with Gasteiger partial charge in [0, 0.05) is 11.9 Å². The number of halogens is 1. The number of fused-ring (bicyclic) bond motifs is 1. The van der Waals surface area contributed by atoms with Gasteiger partial charge < -0.3 is 5.32 Å². The van der Waals surface area contributed by atoms with Gasteiger partial charge in [0.25, 0.3) is 0 Å². The molecule has 1 atom stereocenters. The van der Waals surface area contributed by atoms with E-state index in [1.54, 1.807) is 11.8 Å². The van der Waals surface area contributed by atoms with Crippen molar-refractivity contribution in [2.45, 2.75) is 19.4 Å². The summed E-state index contributed by atoms with van der Waals surface area (Å²) in [6, 6.07) is 0.294. The molecule has 0 aliphatic rings. The summed E-state index contributed by atoms with van der Waals surface area (Å²) in [5, 5.41) is 3.28. The molecule has 0 bridgehead atoms. The molecule has 0 aliphatic carbocycles. The molecule has 0 aromatic carbocycles. The van der Waals surface area contributed by atoms with Crippen LogP contribution in [0.25, 0.3) is 10.3 Å². The van der Waals surface area contributed by atoms with E-state index in [1.807, 2.05) is 0 Å². The maximum atomic E-state index is 5.67. The lowest BCUT2D eigenvalue weighted by atomic mass is 10.2. The van der Waals surface area contributed by atoms with Crippen LogP contribution in [0.3, 0.4) is 0 Å². The van der Waals surface area contributed by atoms with Crippen molar-refractivity contribution in [2.24, 2.45) is 0 Å². The van der Waals surface area contributed by atoms with Crippen molar-refractivity contribution in [3.63, 3.8) is 0 Å². The highest BCUT2D eigenvalue weighted by molar-refractivity contribution is 7.16. The normalized spacial score (nSPS) is 12.9. The average molecular weight is 243 g/mol. The first-order chi connectivity index (χ1) is 7.31. The number of anilines is 1. The van der Waals surface area contributed by atoms with Gasteiger partial charge in [0.15, 0.2) is 5.82 Å². The van der Waals surface area contributed by atoms with Crippen LogP contribution in [0.5, 0.6) is 0 Å². The summed E-state index contributed by atoms with van der Waals surface area (Å²) in [5.41, 5.74) is 2.61. The number of rotatable bonds is 4. The standard InChI is InChI=1S/C9H11ClN4S/c1-6(2-3-10)14-8-7-9(12-4-11-8)15-5-13-7/h4-6H,2-3H2,1H3,(H,11,12,14). The fourth-order valence-corrected chi connectivity index (χ4v) is 2.22. The molecule has 6 heteroatoms. The molecule has 0 spiro atoms. The molecule has 2 aromatic heterocycles. The zero-order valence-electron chi connectivity index (χ0n) is 8.27. The summed E-state index contributed by atoms with van der Waals surface area (Å²) in [5.74, 6) is 1.43. The summed E-state index contributed by atoms with van der Waals surface area (Å²) in [6.07, 6.45) is 2.45. The van der Waals surface area contributed by atoms with E-state index >= 15 is 0 Å². The van der Waals surface area contributed by atoms with E-state index in [9.17, 15) is 0 Å². The molecular weight excluding hydrogens is 232 g/mol. The predicted molar refractivity (Wildman–Crippen MR) is 63.6 cm³/mol. The molecule has 0 amide bonds. The number of nitrogens with one attached hydrogen (secondary N) is 1. The van der Waals surface area contributed by atoms with Gasteiger partial charge in [0.05, 0.1) is 5.51 Å². The van der Waals surface area contributed by atoms with Crippen LogP contribution in [-0.2, 0) is 0 Å². The van der Waals surface area contributed by atoms with Crippen LogP contribution in [0.1, 0.15) is 13.3 Å². The fourth-order valence-electron chi connectivity index (χ4n) is 1.27. The zero-order chi connectivity index (χ0) is 10.7. The van der Waals surface area contributed by atoms with Gasteiger partial charge in [-0.3, -0.25) is 0 Å². The van der Waals surface area contributed by atoms with Crippen molar-refractivity contribution in [3.8, 4) is 0 Å². The monoisotopic (exact) mass is 242 g/mol. The van der Waals surface area contributed by atoms with Crippen LogP contribution in [0, 0.1) is 0 Å². The first-order valence-electron chi connectivity index (χ1n) is 4.68. The minimum atomic E-state index is 0.294. The number of hydrogen-bond donors (Lipinski definition) is 1. The van der Waals surface area contributed by atoms with E-state index in [-0.39, 0.29) is 0 Å². The fraction of sp³-hybridized carbons (Fsp3) is 0.444. The second kappa shape index (κ2) is 4.72. The molecule has 0 fully saturated rings. The van der Waals surface area contributed by atoms with Crippen molar-refractivity contribution in [1.29, 1.82) is 0 Å². The van der Waals surface area contributed by atoms with Gasteiger partial charge in [0.2, 0.25) is 0 Å². The van der Waals surface area contributed by atoms with Crippen LogP contribution in [0.2, 0.25) is 0 Å². The van der Waals surface area contributed by atoms with Gasteiger partial charge in [-0.25, -0.2) is 15.0 Å². The largest absolute Gasteiger partial charge is 0.366 e. The lowest BCUT2D eigenvalue weighted by Crippen LogP contribution is -2.16. The Morgan fingerprint density at radius 1 is 1.47 bits per heavy atom. The summed E-state index contributed by atoms with van der Waals surface area (Å²) < 4.78 is 0. The highest BCUT2D eigenvalue weighted by atomic mass is 35.5. The van der Waals surface area contributed by atoms with Gasteiger partial charge in [-0.2, -0.15) is 0 Å². The summed E-state index contributed by atoms with van der Waals surface area (Å²) in [7, 11) is 0. The van der Waals surface area contributed by atoms with Crippen LogP contribution < -0.4 is 5.32 Å². The van der Waals surface area contributed by atoms with Crippen LogP contribution in [0.15, 0.2) is 11.8 Å². The molecule has 2 rings (SSSR count). The Hall–Kier alpha value is -0.940. The van der Waals surface area contributed by atoms with E-state index in [1.165, 1.54) is 11.3 Å². The number of thiazole rings is 1. The highest BCUT2D eigenvalue weighted by Gasteiger charge is 2.08. The second-order valence-corrected chi connectivity index (χ2v) is 4.46. The molecule has 80 valence electrons. The van der Waals surface area contributed by atoms with E-state index in [0.717, 1.165) is 22.6 Å². The third-order valence-electron chi connectivity index (χ3n) is 2.06. The number of nitrogens with zero attached hydrogens (tertiary/aromatic N) is 3. The Morgan fingerprint density at radius 2 is 2.33 bits per heavy atom. The molecule has 2 aromatic rings. The van der Waals surface area contributed by atoms with Crippen LogP contribution in [0.4, 0.5) is 5.82 Å². The Morgan fingerprint density at radius 3 is 3.13 bits per heavy atom. The first kappa shape index (κ1) is 10.6. The minimum absolute atomic E-state index is 0.294. The second-order valence-electron chi connectivity index (χ2n) is 3.25. The molecule has 4 nitrogen and oxygen atoms in total. The summed E-state index contributed by atoms with van der Waals surface area (Å²) in [4.78, 5) is 13.5. The minimum Gasteiger partial charge on any atom is -0.366 e.